The van der Waals surface area contributed by atoms with Crippen molar-refractivity contribution in [2.24, 2.45) is 0 Å². The number of hydrogen-bond acceptors (Lipinski definition) is 7. The van der Waals surface area contributed by atoms with Crippen LogP contribution >= 0.6 is 0 Å². The Bertz CT molecular complexity index is 1380. The van der Waals surface area contributed by atoms with Crippen LogP contribution in [0.25, 0.3) is 17.2 Å². The van der Waals surface area contributed by atoms with Crippen LogP contribution in [0.3, 0.4) is 0 Å². The highest BCUT2D eigenvalue weighted by molar-refractivity contribution is 5.95. The average Bonchev–Trinajstić information content (AvgIpc) is 3.19. The van der Waals surface area contributed by atoms with Gasteiger partial charge in [0, 0.05) is 23.5 Å². The molecule has 0 spiro atoms. The first-order valence-corrected chi connectivity index (χ1v) is 11.4. The molecule has 1 amide bonds. The van der Waals surface area contributed by atoms with Crippen LogP contribution in [0.2, 0.25) is 0 Å². The minimum atomic E-state index is -0.210. The monoisotopic (exact) mass is 470 g/mol. The Labute approximate surface area is 203 Å². The molecule has 0 bridgehead atoms. The lowest BCUT2D eigenvalue weighted by atomic mass is 9.85. The van der Waals surface area contributed by atoms with Crippen molar-refractivity contribution in [2.45, 2.75) is 39.2 Å². The number of carbonyl (C=O) groups excluding carboxylic acids is 1. The molecule has 35 heavy (non-hydrogen) atoms. The molecule has 1 atom stereocenters. The lowest BCUT2D eigenvalue weighted by Gasteiger charge is -2.25. The topological polar surface area (TPSA) is 104 Å². The van der Waals surface area contributed by atoms with Crippen LogP contribution in [0, 0.1) is 6.92 Å². The normalized spacial score (nSPS) is 15.0. The lowest BCUT2D eigenvalue weighted by molar-refractivity contribution is -0.116. The van der Waals surface area contributed by atoms with Crippen molar-refractivity contribution in [1.82, 2.24) is 25.0 Å². The van der Waals surface area contributed by atoms with E-state index in [0.717, 1.165) is 22.4 Å². The zero-order valence-electron chi connectivity index (χ0n) is 20.0. The molecule has 0 saturated carbocycles. The minimum absolute atomic E-state index is 0.0182. The number of nitrogens with one attached hydrogen (secondary N) is 1. The summed E-state index contributed by atoms with van der Waals surface area (Å²) in [5, 5.41) is 16.0. The van der Waals surface area contributed by atoms with Crippen LogP contribution in [0.5, 0.6) is 11.5 Å². The van der Waals surface area contributed by atoms with E-state index in [1.54, 1.807) is 18.0 Å². The summed E-state index contributed by atoms with van der Waals surface area (Å²) in [7, 11) is 1.61. The van der Waals surface area contributed by atoms with Crippen LogP contribution in [0.1, 0.15) is 43.0 Å². The van der Waals surface area contributed by atoms with Crippen molar-refractivity contribution < 1.29 is 14.3 Å². The molecular weight excluding hydrogens is 444 g/mol. The molecule has 2 aromatic carbocycles. The highest BCUT2D eigenvalue weighted by Crippen LogP contribution is 2.42. The Kier molecular flexibility index (Phi) is 5.90. The molecule has 1 aliphatic heterocycles. The number of methoxy groups -OCH3 is 1. The van der Waals surface area contributed by atoms with Crippen LogP contribution in [-0.2, 0) is 4.79 Å². The first-order chi connectivity index (χ1) is 16.9. The summed E-state index contributed by atoms with van der Waals surface area (Å²) in [6.07, 6.45) is 1.88. The third-order valence-corrected chi connectivity index (χ3v) is 5.86. The Balaban J connectivity index is 1.59. The number of aryl methyl sites for hydroxylation is 1. The van der Waals surface area contributed by atoms with E-state index in [2.05, 4.69) is 20.5 Å². The number of hydrogen-bond donors (Lipinski definition) is 1. The number of fused-ring (bicyclic) bond motifs is 1. The SMILES string of the molecule is COc1ccc([C@@H]2CC(=O)Nc3c2c(C)nn3-c2nncc(-c3ccccc3)n2)cc1OC(C)C. The second-order valence-electron chi connectivity index (χ2n) is 8.65. The molecule has 0 unspecified atom stereocenters. The largest absolute Gasteiger partial charge is 0.493 e. The third kappa shape index (κ3) is 4.32. The van der Waals surface area contributed by atoms with E-state index in [1.807, 2.05) is 69.3 Å². The Morgan fingerprint density at radius 1 is 1.11 bits per heavy atom. The molecule has 4 aromatic rings. The fourth-order valence-electron chi connectivity index (χ4n) is 4.36. The van der Waals surface area contributed by atoms with Gasteiger partial charge in [-0.05, 0) is 38.5 Å². The second kappa shape index (κ2) is 9.17. The summed E-state index contributed by atoms with van der Waals surface area (Å²) < 4.78 is 13.0. The second-order valence-corrected chi connectivity index (χ2v) is 8.65. The number of ether oxygens (including phenoxy) is 2. The van der Waals surface area contributed by atoms with Gasteiger partial charge in [0.05, 0.1) is 30.8 Å². The van der Waals surface area contributed by atoms with Crippen molar-refractivity contribution in [3.8, 4) is 28.7 Å². The minimum Gasteiger partial charge on any atom is -0.493 e. The fourth-order valence-corrected chi connectivity index (χ4v) is 4.36. The summed E-state index contributed by atoms with van der Waals surface area (Å²) in [5.74, 6) is 1.80. The molecule has 5 rings (SSSR count). The molecule has 3 heterocycles. The first-order valence-electron chi connectivity index (χ1n) is 11.4. The molecule has 1 aliphatic rings. The summed E-state index contributed by atoms with van der Waals surface area (Å²) in [4.78, 5) is 17.5. The maximum absolute atomic E-state index is 12.8. The number of benzene rings is 2. The summed E-state index contributed by atoms with van der Waals surface area (Å²) >= 11 is 0. The highest BCUT2D eigenvalue weighted by atomic mass is 16.5. The van der Waals surface area contributed by atoms with E-state index >= 15 is 0 Å². The van der Waals surface area contributed by atoms with E-state index in [1.165, 1.54) is 0 Å². The van der Waals surface area contributed by atoms with Crippen LogP contribution in [0.15, 0.2) is 54.7 Å². The predicted octanol–water partition coefficient (Wildman–Crippen LogP) is 4.30. The van der Waals surface area contributed by atoms with Crippen LogP contribution in [0.4, 0.5) is 5.82 Å². The van der Waals surface area contributed by atoms with Gasteiger partial charge in [0.2, 0.25) is 5.91 Å². The maximum atomic E-state index is 12.8. The number of nitrogens with zero attached hydrogens (tertiary/aromatic N) is 5. The summed E-state index contributed by atoms with van der Waals surface area (Å²) in [6.45, 7) is 5.84. The van der Waals surface area contributed by atoms with Gasteiger partial charge < -0.3 is 14.8 Å². The Morgan fingerprint density at radius 2 is 1.91 bits per heavy atom. The molecule has 2 aromatic heterocycles. The first kappa shape index (κ1) is 22.5. The van der Waals surface area contributed by atoms with Gasteiger partial charge in [0.1, 0.15) is 5.82 Å². The van der Waals surface area contributed by atoms with Gasteiger partial charge in [0.15, 0.2) is 11.5 Å². The van der Waals surface area contributed by atoms with E-state index in [0.29, 0.717) is 23.0 Å². The highest BCUT2D eigenvalue weighted by Gasteiger charge is 2.34. The molecule has 0 fully saturated rings. The Morgan fingerprint density at radius 3 is 2.66 bits per heavy atom. The van der Waals surface area contributed by atoms with E-state index in [-0.39, 0.29) is 30.3 Å². The molecule has 0 radical (unpaired) electrons. The van der Waals surface area contributed by atoms with Gasteiger partial charge in [0.25, 0.3) is 5.95 Å². The molecule has 178 valence electrons. The number of carbonyl (C=O) groups is 1. The zero-order valence-corrected chi connectivity index (χ0v) is 20.0. The smallest absolute Gasteiger partial charge is 0.272 e. The van der Waals surface area contributed by atoms with Crippen LogP contribution in [-0.4, -0.2) is 44.1 Å². The third-order valence-electron chi connectivity index (χ3n) is 5.86. The summed E-state index contributed by atoms with van der Waals surface area (Å²) in [5.41, 5.74) is 4.22. The van der Waals surface area contributed by atoms with Gasteiger partial charge >= 0.3 is 0 Å². The average molecular weight is 471 g/mol. The molecule has 9 nitrogen and oxygen atoms in total. The number of rotatable bonds is 6. The predicted molar refractivity (Wildman–Crippen MR) is 131 cm³/mol. The van der Waals surface area contributed by atoms with Crippen molar-refractivity contribution in [3.05, 3.63) is 71.5 Å². The van der Waals surface area contributed by atoms with Crippen molar-refractivity contribution in [2.75, 3.05) is 12.4 Å². The Hall–Kier alpha value is -4.27. The van der Waals surface area contributed by atoms with Crippen molar-refractivity contribution in [3.63, 3.8) is 0 Å². The van der Waals surface area contributed by atoms with E-state index in [9.17, 15) is 4.79 Å². The van der Waals surface area contributed by atoms with E-state index < -0.39 is 0 Å². The standard InChI is InChI=1S/C26H26N6O3/c1-15(2)35-22-12-18(10-11-21(22)34-4)19-13-23(33)29-25-24(19)16(3)31-32(25)26-28-20(14-27-30-26)17-8-6-5-7-9-17/h5-12,14-15,19H,13H2,1-4H3,(H,29,33)/t19-/m0/s1. The van der Waals surface area contributed by atoms with E-state index in [4.69, 9.17) is 14.6 Å². The number of anilines is 1. The quantitative estimate of drug-likeness (QED) is 0.448. The van der Waals surface area contributed by atoms with Crippen LogP contribution < -0.4 is 14.8 Å². The van der Waals surface area contributed by atoms with Crippen molar-refractivity contribution in [1.29, 1.82) is 0 Å². The molecule has 1 N–H and O–H groups in total. The van der Waals surface area contributed by atoms with Gasteiger partial charge in [-0.25, -0.2) is 4.98 Å². The molecule has 0 saturated heterocycles. The lowest BCUT2D eigenvalue weighted by Crippen LogP contribution is -2.25. The molecular formula is C26H26N6O3. The zero-order chi connectivity index (χ0) is 24.5. The number of aromatic nitrogens is 5. The van der Waals surface area contributed by atoms with Gasteiger partial charge in [-0.1, -0.05) is 36.4 Å². The maximum Gasteiger partial charge on any atom is 0.272 e. The van der Waals surface area contributed by atoms with Gasteiger partial charge in [-0.3, -0.25) is 4.79 Å². The fraction of sp³-hybridized carbons (Fsp3) is 0.269. The van der Waals surface area contributed by atoms with Gasteiger partial charge in [-0.15, -0.1) is 5.10 Å². The number of amides is 1. The van der Waals surface area contributed by atoms with Crippen molar-refractivity contribution >= 4 is 11.7 Å². The molecule has 9 heteroatoms. The molecule has 0 aliphatic carbocycles. The summed E-state index contributed by atoms with van der Waals surface area (Å²) in [6, 6.07) is 15.5. The van der Waals surface area contributed by atoms with Gasteiger partial charge in [-0.2, -0.15) is 14.9 Å².